The van der Waals surface area contributed by atoms with Gasteiger partial charge in [-0.3, -0.25) is 4.79 Å². The molecule has 1 N–H and O–H groups in total. The highest BCUT2D eigenvalue weighted by Gasteiger charge is 2.22. The Kier molecular flexibility index (Phi) is 5.69. The van der Waals surface area contributed by atoms with Gasteiger partial charge in [0.1, 0.15) is 11.9 Å². The van der Waals surface area contributed by atoms with E-state index in [1.165, 1.54) is 31.4 Å². The molecule has 0 aromatic heterocycles. The fraction of sp³-hybridized carbons (Fsp3) is 0.231. The molecule has 1 aromatic carbocycles. The van der Waals surface area contributed by atoms with Crippen LogP contribution in [0.1, 0.15) is 16.8 Å². The van der Waals surface area contributed by atoms with Crippen molar-refractivity contribution in [1.29, 1.82) is 0 Å². The van der Waals surface area contributed by atoms with Crippen LogP contribution in [0.3, 0.4) is 0 Å². The fourth-order valence-electron chi connectivity index (χ4n) is 1.40. The molecule has 0 saturated heterocycles. The molecule has 6 heteroatoms. The van der Waals surface area contributed by atoms with Crippen LogP contribution in [0.25, 0.3) is 0 Å². The Hall–Kier alpha value is -1.69. The first kappa shape index (κ1) is 15.4. The maximum atomic E-state index is 12.7. The van der Waals surface area contributed by atoms with E-state index in [2.05, 4.69) is 32.6 Å². The normalized spacial score (nSPS) is 11.5. The average Bonchev–Trinajstić information content (AvgIpc) is 2.37. The van der Waals surface area contributed by atoms with Gasteiger partial charge in [-0.1, -0.05) is 22.5 Å². The number of benzene rings is 1. The average molecular weight is 330 g/mol. The van der Waals surface area contributed by atoms with Gasteiger partial charge in [0.15, 0.2) is 0 Å². The van der Waals surface area contributed by atoms with Gasteiger partial charge < -0.3 is 10.1 Å². The number of halogens is 2. The third-order valence-electron chi connectivity index (χ3n) is 2.32. The SMILES string of the molecule is C=C(Br)C[C@H](NC(=O)c1ccc(F)cc1)C(=O)OC. The number of esters is 1. The Morgan fingerprint density at radius 2 is 2.00 bits per heavy atom. The van der Waals surface area contributed by atoms with Crippen LogP contribution in [-0.4, -0.2) is 25.0 Å². The Morgan fingerprint density at radius 1 is 1.42 bits per heavy atom. The summed E-state index contributed by atoms with van der Waals surface area (Å²) in [6, 6.07) is 4.18. The number of nitrogens with one attached hydrogen (secondary N) is 1. The Bertz CT molecular complexity index is 487. The zero-order valence-corrected chi connectivity index (χ0v) is 11.9. The van der Waals surface area contributed by atoms with Crippen molar-refractivity contribution in [2.45, 2.75) is 12.5 Å². The molecule has 0 heterocycles. The first-order valence-electron chi connectivity index (χ1n) is 5.41. The number of ether oxygens (including phenoxy) is 1. The summed E-state index contributed by atoms with van der Waals surface area (Å²) in [5.74, 6) is -1.49. The number of carbonyl (C=O) groups excluding carboxylic acids is 2. The van der Waals surface area contributed by atoms with Crippen molar-refractivity contribution < 1.29 is 18.7 Å². The highest BCUT2D eigenvalue weighted by atomic mass is 79.9. The van der Waals surface area contributed by atoms with Gasteiger partial charge in [0, 0.05) is 12.0 Å². The standard InChI is InChI=1S/C13H13BrFNO3/c1-8(14)7-11(13(18)19-2)16-12(17)9-3-5-10(15)6-4-9/h3-6,11H,1,7H2,2H3,(H,16,17)/t11-/m0/s1. The molecule has 4 nitrogen and oxygen atoms in total. The molecule has 0 spiro atoms. The Balaban J connectivity index is 2.78. The van der Waals surface area contributed by atoms with Gasteiger partial charge in [-0.2, -0.15) is 0 Å². The molecule has 1 amide bonds. The molecule has 0 aliphatic carbocycles. The molecule has 1 aromatic rings. The van der Waals surface area contributed by atoms with Crippen LogP contribution in [0, 0.1) is 5.82 Å². The minimum absolute atomic E-state index is 0.208. The summed E-state index contributed by atoms with van der Waals surface area (Å²) >= 11 is 3.13. The first-order chi connectivity index (χ1) is 8.93. The van der Waals surface area contributed by atoms with Crippen molar-refractivity contribution in [3.8, 4) is 0 Å². The molecule has 1 atom stereocenters. The second-order valence-electron chi connectivity index (χ2n) is 3.78. The first-order valence-corrected chi connectivity index (χ1v) is 6.21. The summed E-state index contributed by atoms with van der Waals surface area (Å²) in [6.07, 6.45) is 0.208. The van der Waals surface area contributed by atoms with Crippen molar-refractivity contribution in [1.82, 2.24) is 5.32 Å². The zero-order chi connectivity index (χ0) is 14.4. The monoisotopic (exact) mass is 329 g/mol. The van der Waals surface area contributed by atoms with Gasteiger partial charge in [-0.05, 0) is 28.7 Å². The van der Waals surface area contributed by atoms with Crippen molar-refractivity contribution in [3.63, 3.8) is 0 Å². The lowest BCUT2D eigenvalue weighted by Gasteiger charge is -2.15. The summed E-state index contributed by atoms with van der Waals surface area (Å²) < 4.78 is 17.9. The Morgan fingerprint density at radius 3 is 2.47 bits per heavy atom. The maximum Gasteiger partial charge on any atom is 0.328 e. The second-order valence-corrected chi connectivity index (χ2v) is 4.90. The lowest BCUT2D eigenvalue weighted by atomic mass is 10.1. The maximum absolute atomic E-state index is 12.7. The van der Waals surface area contributed by atoms with E-state index in [0.29, 0.717) is 4.48 Å². The van der Waals surface area contributed by atoms with E-state index in [4.69, 9.17) is 0 Å². The number of amides is 1. The van der Waals surface area contributed by atoms with Crippen LogP contribution in [0.4, 0.5) is 4.39 Å². The lowest BCUT2D eigenvalue weighted by molar-refractivity contribution is -0.142. The van der Waals surface area contributed by atoms with Crippen LogP contribution in [0.15, 0.2) is 35.3 Å². The van der Waals surface area contributed by atoms with E-state index in [0.717, 1.165) is 0 Å². The topological polar surface area (TPSA) is 55.4 Å². The van der Waals surface area contributed by atoms with Crippen molar-refractivity contribution >= 4 is 27.8 Å². The summed E-state index contributed by atoms with van der Waals surface area (Å²) in [5.41, 5.74) is 0.260. The van der Waals surface area contributed by atoms with E-state index in [1.54, 1.807) is 0 Å². The predicted molar refractivity (Wildman–Crippen MR) is 72.4 cm³/mol. The lowest BCUT2D eigenvalue weighted by Crippen LogP contribution is -2.41. The van der Waals surface area contributed by atoms with Gasteiger partial charge in [-0.15, -0.1) is 0 Å². The largest absolute Gasteiger partial charge is 0.467 e. The van der Waals surface area contributed by atoms with Crippen LogP contribution < -0.4 is 5.32 Å². The molecule has 102 valence electrons. The molecule has 0 aliphatic heterocycles. The van der Waals surface area contributed by atoms with Crippen LogP contribution in [-0.2, 0) is 9.53 Å². The van der Waals surface area contributed by atoms with E-state index >= 15 is 0 Å². The predicted octanol–water partition coefficient (Wildman–Crippen LogP) is 2.40. The highest BCUT2D eigenvalue weighted by molar-refractivity contribution is 9.11. The van der Waals surface area contributed by atoms with Gasteiger partial charge in [0.25, 0.3) is 5.91 Å². The minimum atomic E-state index is -0.838. The molecular formula is C13H13BrFNO3. The van der Waals surface area contributed by atoms with Gasteiger partial charge in [0.2, 0.25) is 0 Å². The molecule has 0 aliphatic rings. The van der Waals surface area contributed by atoms with Crippen LogP contribution >= 0.6 is 15.9 Å². The third kappa shape index (κ3) is 4.82. The van der Waals surface area contributed by atoms with E-state index in [-0.39, 0.29) is 12.0 Å². The summed E-state index contributed by atoms with van der Waals surface area (Å²) in [6.45, 7) is 3.61. The van der Waals surface area contributed by atoms with Crippen LogP contribution in [0.5, 0.6) is 0 Å². The molecule has 0 unspecified atom stereocenters. The second kappa shape index (κ2) is 7.04. The van der Waals surface area contributed by atoms with Gasteiger partial charge in [0.05, 0.1) is 7.11 Å². The molecule has 1 rings (SSSR count). The molecule has 19 heavy (non-hydrogen) atoms. The van der Waals surface area contributed by atoms with E-state index in [1.807, 2.05) is 0 Å². The summed E-state index contributed by atoms with van der Waals surface area (Å²) in [7, 11) is 1.23. The zero-order valence-electron chi connectivity index (χ0n) is 10.3. The van der Waals surface area contributed by atoms with Crippen LogP contribution in [0.2, 0.25) is 0 Å². The number of rotatable bonds is 5. The van der Waals surface area contributed by atoms with Crippen molar-refractivity contribution in [2.24, 2.45) is 0 Å². The van der Waals surface area contributed by atoms with Gasteiger partial charge >= 0.3 is 5.97 Å². The summed E-state index contributed by atoms with van der Waals surface area (Å²) in [4.78, 5) is 23.4. The van der Waals surface area contributed by atoms with E-state index < -0.39 is 23.7 Å². The quantitative estimate of drug-likeness (QED) is 0.844. The minimum Gasteiger partial charge on any atom is -0.467 e. The molecule has 0 radical (unpaired) electrons. The molecule has 0 saturated carbocycles. The Labute approximate surface area is 118 Å². The highest BCUT2D eigenvalue weighted by Crippen LogP contribution is 2.12. The molecule has 0 bridgehead atoms. The number of carbonyl (C=O) groups is 2. The third-order valence-corrected chi connectivity index (χ3v) is 2.65. The molecule has 0 fully saturated rings. The van der Waals surface area contributed by atoms with E-state index in [9.17, 15) is 14.0 Å². The number of hydrogen-bond acceptors (Lipinski definition) is 3. The van der Waals surface area contributed by atoms with Crippen molar-refractivity contribution in [3.05, 3.63) is 46.7 Å². The summed E-state index contributed by atoms with van der Waals surface area (Å²) in [5, 5.41) is 2.51. The smallest absolute Gasteiger partial charge is 0.328 e. The molecular weight excluding hydrogens is 317 g/mol. The number of methoxy groups -OCH3 is 1. The number of hydrogen-bond donors (Lipinski definition) is 1. The van der Waals surface area contributed by atoms with Gasteiger partial charge in [-0.25, -0.2) is 9.18 Å². The fourth-order valence-corrected chi connectivity index (χ4v) is 1.72. The van der Waals surface area contributed by atoms with Crippen molar-refractivity contribution in [2.75, 3.05) is 7.11 Å².